The molecule has 1 unspecified atom stereocenters. The molecule has 1 aliphatic heterocycles. The van der Waals surface area contributed by atoms with Gasteiger partial charge in [-0.25, -0.2) is 4.98 Å². The Labute approximate surface area is 151 Å². The molecular weight excluding hydrogens is 372 g/mol. The summed E-state index contributed by atoms with van der Waals surface area (Å²) in [5.41, 5.74) is 2.60. The van der Waals surface area contributed by atoms with Crippen molar-refractivity contribution in [3.05, 3.63) is 53.7 Å². The lowest BCUT2D eigenvalue weighted by atomic mass is 9.96. The first-order valence-corrected chi connectivity index (χ1v) is 7.79. The van der Waals surface area contributed by atoms with Crippen LogP contribution in [0, 0.1) is 0 Å². The zero-order valence-corrected chi connectivity index (χ0v) is 13.9. The second-order valence-corrected chi connectivity index (χ2v) is 5.43. The van der Waals surface area contributed by atoms with Crippen molar-refractivity contribution in [3.63, 3.8) is 0 Å². The van der Waals surface area contributed by atoms with Crippen LogP contribution in [0.1, 0.15) is 23.5 Å². The van der Waals surface area contributed by atoms with Crippen molar-refractivity contribution < 1.29 is 37.0 Å². The average Bonchev–Trinajstić information content (AvgIpc) is 2.62. The largest absolute Gasteiger partial charge is 0.573 e. The summed E-state index contributed by atoms with van der Waals surface area (Å²) in [6.07, 6.45) is -2.57. The van der Waals surface area contributed by atoms with Crippen molar-refractivity contribution in [3.8, 4) is 11.6 Å². The van der Waals surface area contributed by atoms with Crippen LogP contribution in [0.2, 0.25) is 0 Å². The van der Waals surface area contributed by atoms with Crippen LogP contribution in [0.5, 0.6) is 11.6 Å². The average molecular weight is 388 g/mol. The van der Waals surface area contributed by atoms with Crippen molar-refractivity contribution in [1.29, 1.82) is 0 Å². The summed E-state index contributed by atoms with van der Waals surface area (Å²) in [7, 11) is 0. The Morgan fingerprint density at radius 2 is 2.00 bits per heavy atom. The first-order chi connectivity index (χ1) is 12.8. The zero-order chi connectivity index (χ0) is 19.9. The molecule has 10 heteroatoms. The molecule has 0 spiro atoms. The standard InChI is InChI=1S/C9H9NO3.C8H7F4NO/c11-9(12)7-3-5-13-8-6(7)2-1-4-10-8;9-8(10,11)14-7-3-1-6(2-4-7)5-13-12/h1-2,4,7H,3,5H2,(H,11,12);1-4,13H,5H2. The molecule has 1 aromatic carbocycles. The highest BCUT2D eigenvalue weighted by atomic mass is 19.4. The molecule has 0 bridgehead atoms. The van der Waals surface area contributed by atoms with Gasteiger partial charge in [-0.2, -0.15) is 5.54 Å². The van der Waals surface area contributed by atoms with Crippen LogP contribution in [-0.2, 0) is 11.3 Å². The SMILES string of the molecule is FNCc1ccc(OC(F)(F)F)cc1.O=C(O)C1CCOc2ncccc21. The quantitative estimate of drug-likeness (QED) is 0.616. The van der Waals surface area contributed by atoms with Gasteiger partial charge in [0, 0.05) is 11.8 Å². The molecule has 0 aliphatic carbocycles. The minimum Gasteiger partial charge on any atom is -0.481 e. The molecule has 146 valence electrons. The molecule has 6 nitrogen and oxygen atoms in total. The minimum atomic E-state index is -4.69. The number of carbonyl (C=O) groups is 1. The Balaban J connectivity index is 0.000000194. The van der Waals surface area contributed by atoms with E-state index in [-0.39, 0.29) is 12.3 Å². The predicted molar refractivity (Wildman–Crippen MR) is 85.8 cm³/mol. The summed E-state index contributed by atoms with van der Waals surface area (Å²) in [6.45, 7) is 0.382. The first-order valence-electron chi connectivity index (χ1n) is 7.79. The number of rotatable bonds is 4. The maximum Gasteiger partial charge on any atom is 0.573 e. The first kappa shape index (κ1) is 20.4. The van der Waals surface area contributed by atoms with E-state index in [0.717, 1.165) is 12.1 Å². The molecule has 0 saturated heterocycles. The van der Waals surface area contributed by atoms with Gasteiger partial charge in [0.05, 0.1) is 19.1 Å². The van der Waals surface area contributed by atoms with E-state index in [1.165, 1.54) is 17.7 Å². The molecule has 1 aromatic heterocycles. The lowest BCUT2D eigenvalue weighted by Gasteiger charge is -2.21. The molecule has 2 heterocycles. The van der Waals surface area contributed by atoms with E-state index in [9.17, 15) is 22.4 Å². The summed E-state index contributed by atoms with van der Waals surface area (Å²) < 4.78 is 55.5. The van der Waals surface area contributed by atoms with Gasteiger partial charge < -0.3 is 14.6 Å². The van der Waals surface area contributed by atoms with Gasteiger partial charge in [-0.05, 0) is 30.2 Å². The third-order valence-electron chi connectivity index (χ3n) is 3.55. The molecule has 1 aliphatic rings. The van der Waals surface area contributed by atoms with Gasteiger partial charge >= 0.3 is 12.3 Å². The Bertz CT molecular complexity index is 753. The van der Waals surface area contributed by atoms with Crippen molar-refractivity contribution in [2.75, 3.05) is 6.61 Å². The number of nitrogens with zero attached hydrogens (tertiary/aromatic N) is 1. The molecule has 1 atom stereocenters. The maximum absolute atomic E-state index is 11.7. The van der Waals surface area contributed by atoms with E-state index in [1.807, 2.05) is 0 Å². The number of carboxylic acids is 1. The number of aromatic nitrogens is 1. The number of ether oxygens (including phenoxy) is 2. The fourth-order valence-electron chi connectivity index (χ4n) is 2.36. The molecule has 2 N–H and O–H groups in total. The van der Waals surface area contributed by atoms with Crippen LogP contribution < -0.4 is 15.0 Å². The molecule has 27 heavy (non-hydrogen) atoms. The van der Waals surface area contributed by atoms with E-state index >= 15 is 0 Å². The number of carboxylic acid groups (broad SMARTS) is 1. The number of benzene rings is 1. The van der Waals surface area contributed by atoms with Crippen molar-refractivity contribution in [1.82, 2.24) is 10.5 Å². The monoisotopic (exact) mass is 388 g/mol. The molecular formula is C17H16F4N2O4. The normalized spacial score (nSPS) is 15.6. The summed E-state index contributed by atoms with van der Waals surface area (Å²) >= 11 is 0. The van der Waals surface area contributed by atoms with Crippen LogP contribution in [0.3, 0.4) is 0 Å². The molecule has 0 amide bonds. The topological polar surface area (TPSA) is 80.7 Å². The van der Waals surface area contributed by atoms with Gasteiger partial charge in [0.25, 0.3) is 0 Å². The maximum atomic E-state index is 11.7. The molecule has 0 saturated carbocycles. The van der Waals surface area contributed by atoms with Crippen molar-refractivity contribution in [2.45, 2.75) is 25.2 Å². The predicted octanol–water partition coefficient (Wildman–Crippen LogP) is 3.59. The number of hydrogen-bond donors (Lipinski definition) is 2. The Hall–Kier alpha value is -2.88. The van der Waals surface area contributed by atoms with Gasteiger partial charge in [0.2, 0.25) is 5.88 Å². The van der Waals surface area contributed by atoms with Gasteiger partial charge in [-0.3, -0.25) is 4.79 Å². The van der Waals surface area contributed by atoms with E-state index in [2.05, 4.69) is 9.72 Å². The fraction of sp³-hybridized carbons (Fsp3) is 0.294. The second kappa shape index (κ2) is 9.17. The van der Waals surface area contributed by atoms with E-state index in [1.54, 1.807) is 18.3 Å². The third kappa shape index (κ3) is 6.41. The highest BCUT2D eigenvalue weighted by Crippen LogP contribution is 2.31. The Morgan fingerprint density at radius 3 is 2.59 bits per heavy atom. The van der Waals surface area contributed by atoms with E-state index in [4.69, 9.17) is 9.84 Å². The van der Waals surface area contributed by atoms with Crippen LogP contribution >= 0.6 is 0 Å². The number of nitrogens with one attached hydrogen (secondary N) is 1. The highest BCUT2D eigenvalue weighted by Gasteiger charge is 2.31. The fourth-order valence-corrected chi connectivity index (χ4v) is 2.36. The molecule has 3 rings (SSSR count). The van der Waals surface area contributed by atoms with E-state index < -0.39 is 18.2 Å². The summed E-state index contributed by atoms with van der Waals surface area (Å²) in [6, 6.07) is 8.41. The van der Waals surface area contributed by atoms with Crippen molar-refractivity contribution in [2.24, 2.45) is 0 Å². The van der Waals surface area contributed by atoms with Gasteiger partial charge in [0.1, 0.15) is 5.75 Å². The number of fused-ring (bicyclic) bond motifs is 1. The lowest BCUT2D eigenvalue weighted by Crippen LogP contribution is -2.21. The molecule has 2 aromatic rings. The summed E-state index contributed by atoms with van der Waals surface area (Å²) in [4.78, 5) is 14.8. The van der Waals surface area contributed by atoms with Crippen LogP contribution in [0.15, 0.2) is 42.6 Å². The second-order valence-electron chi connectivity index (χ2n) is 5.43. The number of hydrogen-bond acceptors (Lipinski definition) is 5. The minimum absolute atomic E-state index is 0.0493. The van der Waals surface area contributed by atoms with Gasteiger partial charge in [-0.1, -0.05) is 18.2 Å². The Morgan fingerprint density at radius 1 is 1.30 bits per heavy atom. The third-order valence-corrected chi connectivity index (χ3v) is 3.55. The van der Waals surface area contributed by atoms with Gasteiger partial charge in [-0.15, -0.1) is 17.7 Å². The highest BCUT2D eigenvalue weighted by molar-refractivity contribution is 5.77. The summed E-state index contributed by atoms with van der Waals surface area (Å²) in [5, 5.41) is 8.90. The zero-order valence-electron chi connectivity index (χ0n) is 13.9. The lowest BCUT2D eigenvalue weighted by molar-refractivity contribution is -0.274. The van der Waals surface area contributed by atoms with E-state index in [0.29, 0.717) is 30.0 Å². The number of halogens is 4. The molecule has 0 fully saturated rings. The van der Waals surface area contributed by atoms with Crippen molar-refractivity contribution >= 4 is 5.97 Å². The molecule has 0 radical (unpaired) electrons. The number of aliphatic carboxylic acids is 1. The number of alkyl halides is 3. The van der Waals surface area contributed by atoms with Crippen LogP contribution in [0.25, 0.3) is 0 Å². The van der Waals surface area contributed by atoms with Crippen LogP contribution in [-0.4, -0.2) is 29.0 Å². The Kier molecular flexibility index (Phi) is 6.94. The summed E-state index contributed by atoms with van der Waals surface area (Å²) in [5.74, 6) is -1.13. The smallest absolute Gasteiger partial charge is 0.481 e. The number of pyridine rings is 1. The van der Waals surface area contributed by atoms with Crippen LogP contribution in [0.4, 0.5) is 17.7 Å². The van der Waals surface area contributed by atoms with Gasteiger partial charge in [0.15, 0.2) is 0 Å².